The van der Waals surface area contributed by atoms with Gasteiger partial charge in [0.2, 0.25) is 0 Å². The molecule has 3 aromatic heterocycles. The van der Waals surface area contributed by atoms with Crippen molar-refractivity contribution in [2.24, 2.45) is 0 Å². The Bertz CT molecular complexity index is 4670. The number of furan rings is 1. The summed E-state index contributed by atoms with van der Waals surface area (Å²) in [6.07, 6.45) is 0. The highest BCUT2D eigenvalue weighted by molar-refractivity contribution is 7.26. The zero-order valence-corrected chi connectivity index (χ0v) is 25.5. The molecule has 0 fully saturated rings. The zero-order valence-electron chi connectivity index (χ0n) is 50.7. The number of nitrogens with zero attached hydrogens (tertiary/aromatic N) is 2. The summed E-state index contributed by atoms with van der Waals surface area (Å²) in [6, 6.07) is -20.3. The quantitative estimate of drug-likeness (QED) is 0.174. The van der Waals surface area contributed by atoms with E-state index < -0.39 is 245 Å². The van der Waals surface area contributed by atoms with E-state index in [4.69, 9.17) is 35.4 Å². The topological polar surface area (TPSA) is 38.9 Å². The van der Waals surface area contributed by atoms with Gasteiger partial charge >= 0.3 is 0 Å². The maximum Gasteiger partial charge on any atom is 0.161 e. The molecule has 0 aliphatic rings. The standard InChI is InChI=1S/C46H26N2OS/c1-2-11-28-24-31(21-20-27(28)10-1)43-45-44(36-16-7-8-19-41(36)50-45)48-46(47-43)37-17-9-18-39-42(37)35-23-22-30(26-40(35)49-39)38-25-29-12-3-4-13-32(29)33-14-5-6-15-34(33)38/h1-26H/i1D,2D,3D,4D,5D,6D,7D,8D,9D,10D,11D,12D,13D,14D,15D,16D,17D,18D,19D,20D,21D,22D,23D,24D,25D,26D. The van der Waals surface area contributed by atoms with E-state index in [2.05, 4.69) is 4.98 Å². The van der Waals surface area contributed by atoms with Gasteiger partial charge in [-0.3, -0.25) is 0 Å². The Morgan fingerprint density at radius 2 is 1.22 bits per heavy atom. The van der Waals surface area contributed by atoms with Crippen LogP contribution >= 0.6 is 11.3 Å². The highest BCUT2D eigenvalue weighted by atomic mass is 32.1. The molecule has 0 N–H and O–H groups in total. The number of hydrogen-bond donors (Lipinski definition) is 0. The number of benzene rings is 8. The van der Waals surface area contributed by atoms with Gasteiger partial charge in [0, 0.05) is 32.0 Å². The fourth-order valence-electron chi connectivity index (χ4n) is 5.94. The van der Waals surface area contributed by atoms with Crippen LogP contribution in [0, 0.1) is 0 Å². The molecule has 0 unspecified atom stereocenters. The van der Waals surface area contributed by atoms with E-state index in [1.807, 2.05) is 0 Å². The van der Waals surface area contributed by atoms with Gasteiger partial charge in [0.05, 0.1) is 51.6 Å². The second kappa shape index (κ2) is 10.6. The Morgan fingerprint density at radius 3 is 2.12 bits per heavy atom. The number of aromatic nitrogens is 2. The molecule has 0 bridgehead atoms. The SMILES string of the molecule is [2H]c1c([2H])c(-c2nc(-c3c([2H])c([2H])c4c([2H])c([2H])c([2H])c([2H])c4c3[2H])c3sc4c([2H])c([2H])c([2H])c([2H])c4c3n2)c2c(oc3c([2H])c(-c4c([2H])c5c([2H])c([2H])c([2H])c([2H])c5c5c([2H])c([2H])c([2H])c([2H])c45)c([2H])c([2H])c32)c1[2H]. The Hall–Kier alpha value is -6.36. The van der Waals surface area contributed by atoms with Crippen LogP contribution < -0.4 is 0 Å². The molecule has 0 aliphatic carbocycles. The number of thiophene rings is 1. The molecule has 11 rings (SSSR count). The van der Waals surface area contributed by atoms with E-state index in [-0.39, 0.29) is 20.3 Å². The molecule has 4 heteroatoms. The Kier molecular flexibility index (Phi) is 2.64. The lowest BCUT2D eigenvalue weighted by molar-refractivity contribution is 0.669. The van der Waals surface area contributed by atoms with Crippen LogP contribution in [-0.2, 0) is 0 Å². The Morgan fingerprint density at radius 1 is 0.480 bits per heavy atom. The summed E-state index contributed by atoms with van der Waals surface area (Å²) in [6.45, 7) is 0. The monoisotopic (exact) mass is 680 g/mol. The molecular weight excluding hydrogens is 629 g/mol. The maximum absolute atomic E-state index is 9.68. The molecule has 0 saturated carbocycles. The normalized spacial score (nSPS) is 19.3. The van der Waals surface area contributed by atoms with Crippen LogP contribution in [0.2, 0.25) is 0 Å². The lowest BCUT2D eigenvalue weighted by Crippen LogP contribution is -1.94. The first-order valence-electron chi connectivity index (χ1n) is 27.7. The molecule has 0 atom stereocenters. The van der Waals surface area contributed by atoms with Crippen LogP contribution in [0.15, 0.2) is 162 Å². The van der Waals surface area contributed by atoms with E-state index in [1.165, 1.54) is 0 Å². The van der Waals surface area contributed by atoms with Gasteiger partial charge in [0.1, 0.15) is 11.2 Å². The predicted molar refractivity (Wildman–Crippen MR) is 211 cm³/mol. The van der Waals surface area contributed by atoms with Gasteiger partial charge < -0.3 is 4.42 Å². The second-order valence-corrected chi connectivity index (χ2v) is 11.9. The largest absolute Gasteiger partial charge is 0.456 e. The first-order valence-corrected chi connectivity index (χ1v) is 15.5. The van der Waals surface area contributed by atoms with E-state index >= 15 is 0 Å². The maximum atomic E-state index is 9.68. The van der Waals surface area contributed by atoms with Gasteiger partial charge in [-0.15, -0.1) is 11.3 Å². The van der Waals surface area contributed by atoms with Crippen LogP contribution in [0.5, 0.6) is 0 Å². The Labute approximate surface area is 327 Å². The van der Waals surface area contributed by atoms with E-state index in [0.29, 0.717) is 11.3 Å². The molecule has 0 radical (unpaired) electrons. The van der Waals surface area contributed by atoms with Crippen molar-refractivity contribution in [1.29, 1.82) is 0 Å². The average Bonchev–Trinajstić information content (AvgIpc) is 4.15. The second-order valence-electron chi connectivity index (χ2n) is 10.9. The van der Waals surface area contributed by atoms with Crippen molar-refractivity contribution >= 4 is 85.9 Å². The fraction of sp³-hybridized carbons (Fsp3) is 0. The molecule has 3 nitrogen and oxygen atoms in total. The summed E-state index contributed by atoms with van der Waals surface area (Å²) in [5.41, 5.74) is -4.46. The number of hydrogen-bond acceptors (Lipinski definition) is 4. The minimum Gasteiger partial charge on any atom is -0.456 e. The minimum atomic E-state index is -0.931. The third-order valence-corrected chi connectivity index (χ3v) is 9.22. The molecule has 8 aromatic carbocycles. The Balaban J connectivity index is 1.33. The van der Waals surface area contributed by atoms with E-state index in [0.717, 1.165) is 0 Å². The zero-order chi connectivity index (χ0) is 55.4. The summed E-state index contributed by atoms with van der Waals surface area (Å²) < 4.78 is 238. The first kappa shape index (κ1) is 12.5. The third-order valence-electron chi connectivity index (χ3n) is 8.12. The summed E-state index contributed by atoms with van der Waals surface area (Å²) in [7, 11) is 0. The van der Waals surface area contributed by atoms with Gasteiger partial charge in [-0.2, -0.15) is 0 Å². The molecule has 0 aliphatic heterocycles. The summed E-state index contributed by atoms with van der Waals surface area (Å²) in [5.74, 6) is -0.651. The summed E-state index contributed by atoms with van der Waals surface area (Å²) in [5, 5.41) is -4.22. The summed E-state index contributed by atoms with van der Waals surface area (Å²) in [4.78, 5) is 9.37. The van der Waals surface area contributed by atoms with Gasteiger partial charge in [-0.1, -0.05) is 121 Å². The molecule has 0 saturated heterocycles. The molecular formula is C46H26N2OS. The van der Waals surface area contributed by atoms with Crippen LogP contribution in [0.1, 0.15) is 35.6 Å². The van der Waals surface area contributed by atoms with Crippen molar-refractivity contribution in [3.63, 3.8) is 0 Å². The minimum absolute atomic E-state index is 0.109. The average molecular weight is 681 g/mol. The van der Waals surface area contributed by atoms with Crippen LogP contribution in [0.3, 0.4) is 0 Å². The third kappa shape index (κ3) is 4.09. The first-order chi connectivity index (χ1) is 35.6. The van der Waals surface area contributed by atoms with Crippen molar-refractivity contribution in [2.75, 3.05) is 0 Å². The molecule has 50 heavy (non-hydrogen) atoms. The highest BCUT2D eigenvalue weighted by Crippen LogP contribution is 2.43. The van der Waals surface area contributed by atoms with Crippen molar-refractivity contribution in [3.8, 4) is 33.8 Å². The highest BCUT2D eigenvalue weighted by Gasteiger charge is 2.20. The van der Waals surface area contributed by atoms with Crippen LogP contribution in [0.4, 0.5) is 0 Å². The molecule has 0 amide bonds. The summed E-state index contributed by atoms with van der Waals surface area (Å²) >= 11 is 0.694. The van der Waals surface area contributed by atoms with Crippen molar-refractivity contribution in [3.05, 3.63) is 157 Å². The number of rotatable bonds is 3. The van der Waals surface area contributed by atoms with Crippen molar-refractivity contribution in [2.45, 2.75) is 0 Å². The van der Waals surface area contributed by atoms with Gasteiger partial charge in [-0.25, -0.2) is 9.97 Å². The molecule has 3 heterocycles. The lowest BCUT2D eigenvalue weighted by atomic mass is 9.93. The van der Waals surface area contributed by atoms with Crippen LogP contribution in [-0.4, -0.2) is 9.97 Å². The van der Waals surface area contributed by atoms with Crippen molar-refractivity contribution in [1.82, 2.24) is 9.97 Å². The predicted octanol–water partition coefficient (Wildman–Crippen LogP) is 13.2. The molecule has 11 aromatic rings. The lowest BCUT2D eigenvalue weighted by Gasteiger charge is -2.11. The van der Waals surface area contributed by atoms with Gasteiger partial charge in [0.15, 0.2) is 5.82 Å². The fourth-order valence-corrected chi connectivity index (χ4v) is 6.99. The number of fused-ring (bicyclic) bond motifs is 10. The smallest absolute Gasteiger partial charge is 0.161 e. The van der Waals surface area contributed by atoms with Gasteiger partial charge in [-0.05, 0) is 79.7 Å². The van der Waals surface area contributed by atoms with E-state index in [1.54, 1.807) is 0 Å². The van der Waals surface area contributed by atoms with Crippen LogP contribution in [0.25, 0.3) is 108 Å². The van der Waals surface area contributed by atoms with E-state index in [9.17, 15) is 9.60 Å². The molecule has 0 spiro atoms. The molecule has 232 valence electrons. The van der Waals surface area contributed by atoms with Crippen molar-refractivity contribution < 1.29 is 40.1 Å². The van der Waals surface area contributed by atoms with Gasteiger partial charge in [0.25, 0.3) is 0 Å².